The quantitative estimate of drug-likeness (QED) is 0.523. The van der Waals surface area contributed by atoms with E-state index in [-0.39, 0.29) is 0 Å². The molecule has 0 spiro atoms. The van der Waals surface area contributed by atoms with Crippen LogP contribution < -0.4 is 5.73 Å². The molecule has 2 N–H and O–H groups in total. The third-order valence-corrected chi connectivity index (χ3v) is 4.48. The summed E-state index contributed by atoms with van der Waals surface area (Å²) in [6, 6.07) is 16.4. The smallest absolute Gasteiger partial charge is 0.221 e. The summed E-state index contributed by atoms with van der Waals surface area (Å²) in [6.45, 7) is 6.61. The summed E-state index contributed by atoms with van der Waals surface area (Å²) in [5.41, 5.74) is 13.1. The molecule has 2 aromatic heterocycles. The van der Waals surface area contributed by atoms with E-state index in [1.54, 1.807) is 10.9 Å². The van der Waals surface area contributed by atoms with E-state index in [0.29, 0.717) is 29.2 Å². The molecule has 1 atom stereocenters. The fourth-order valence-electron chi connectivity index (χ4n) is 2.86. The Hall–Kier alpha value is -3.11. The minimum atomic E-state index is 0.509. The zero-order chi connectivity index (χ0) is 20.8. The number of aromatic nitrogens is 5. The van der Waals surface area contributed by atoms with Crippen LogP contribution in [0.4, 0.5) is 0 Å². The number of hydrogen-bond acceptors (Lipinski definition) is 5. The van der Waals surface area contributed by atoms with E-state index in [1.807, 2.05) is 30.9 Å². The SMILES string of the molecule is CP.Cc1ccc(Cn2nnc3ncc(/C(N)=C/c4ccccc4C)nc32)cc1. The first-order chi connectivity index (χ1) is 14.1. The summed E-state index contributed by atoms with van der Waals surface area (Å²) in [4.78, 5) is 9.02. The highest BCUT2D eigenvalue weighted by molar-refractivity contribution is 7.15. The largest absolute Gasteiger partial charge is 0.397 e. The molecule has 0 aliphatic carbocycles. The zero-order valence-electron chi connectivity index (χ0n) is 16.9. The number of nitrogens with two attached hydrogens (primary N) is 1. The minimum absolute atomic E-state index is 0.509. The van der Waals surface area contributed by atoms with Crippen LogP contribution >= 0.6 is 9.24 Å². The van der Waals surface area contributed by atoms with Crippen LogP contribution in [0.2, 0.25) is 0 Å². The second-order valence-electron chi connectivity index (χ2n) is 6.59. The summed E-state index contributed by atoms with van der Waals surface area (Å²) in [5.74, 6) is 0. The van der Waals surface area contributed by atoms with Crippen molar-refractivity contribution < 1.29 is 0 Å². The van der Waals surface area contributed by atoms with E-state index in [4.69, 9.17) is 5.73 Å². The van der Waals surface area contributed by atoms with Crippen LogP contribution in [0, 0.1) is 13.8 Å². The minimum Gasteiger partial charge on any atom is -0.397 e. The van der Waals surface area contributed by atoms with Crippen LogP contribution in [0.25, 0.3) is 23.1 Å². The Balaban J connectivity index is 0.00000117. The summed E-state index contributed by atoms with van der Waals surface area (Å²) in [7, 11) is 2.42. The van der Waals surface area contributed by atoms with Gasteiger partial charge in [0.1, 0.15) is 5.69 Å². The van der Waals surface area contributed by atoms with Crippen molar-refractivity contribution in [1.82, 2.24) is 25.0 Å². The van der Waals surface area contributed by atoms with Crippen molar-refractivity contribution >= 4 is 32.3 Å². The number of benzene rings is 2. The average molecular weight is 404 g/mol. The van der Waals surface area contributed by atoms with Crippen molar-refractivity contribution in [3.8, 4) is 0 Å². The van der Waals surface area contributed by atoms with Crippen molar-refractivity contribution in [2.24, 2.45) is 5.73 Å². The molecule has 7 heteroatoms. The van der Waals surface area contributed by atoms with Crippen LogP contribution in [0.1, 0.15) is 27.9 Å². The molecule has 0 aliphatic rings. The molecule has 6 nitrogen and oxygen atoms in total. The Morgan fingerprint density at radius 3 is 2.52 bits per heavy atom. The van der Waals surface area contributed by atoms with Gasteiger partial charge in [-0.2, -0.15) is 0 Å². The monoisotopic (exact) mass is 404 g/mol. The van der Waals surface area contributed by atoms with Gasteiger partial charge in [-0.1, -0.05) is 66.0 Å². The van der Waals surface area contributed by atoms with E-state index in [1.165, 1.54) is 5.56 Å². The van der Waals surface area contributed by atoms with Gasteiger partial charge in [-0.25, -0.2) is 14.6 Å². The lowest BCUT2D eigenvalue weighted by Crippen LogP contribution is -2.06. The summed E-state index contributed by atoms with van der Waals surface area (Å²) < 4.78 is 1.75. The molecule has 0 bridgehead atoms. The molecular formula is C22H25N6P. The van der Waals surface area contributed by atoms with Crippen LogP contribution in [0.5, 0.6) is 0 Å². The lowest BCUT2D eigenvalue weighted by Gasteiger charge is -2.05. The van der Waals surface area contributed by atoms with Crippen LogP contribution in [-0.2, 0) is 6.54 Å². The van der Waals surface area contributed by atoms with E-state index in [9.17, 15) is 0 Å². The van der Waals surface area contributed by atoms with Gasteiger partial charge >= 0.3 is 0 Å². The second-order valence-corrected chi connectivity index (χ2v) is 6.59. The van der Waals surface area contributed by atoms with Gasteiger partial charge in [0.25, 0.3) is 0 Å². The Morgan fingerprint density at radius 1 is 1.07 bits per heavy atom. The van der Waals surface area contributed by atoms with E-state index >= 15 is 0 Å². The molecule has 148 valence electrons. The fourth-order valence-corrected chi connectivity index (χ4v) is 2.86. The predicted octanol–water partition coefficient (Wildman–Crippen LogP) is 3.83. The topological polar surface area (TPSA) is 82.5 Å². The molecule has 1 unspecified atom stereocenters. The molecule has 0 saturated carbocycles. The summed E-state index contributed by atoms with van der Waals surface area (Å²) in [6.07, 6.45) is 3.55. The van der Waals surface area contributed by atoms with Gasteiger partial charge in [-0.15, -0.1) is 14.3 Å². The first kappa shape index (κ1) is 20.6. The van der Waals surface area contributed by atoms with Crippen LogP contribution in [0.15, 0.2) is 54.7 Å². The summed E-state index contributed by atoms with van der Waals surface area (Å²) >= 11 is 0. The predicted molar refractivity (Wildman–Crippen MR) is 122 cm³/mol. The van der Waals surface area contributed by atoms with Gasteiger partial charge in [-0.05, 0) is 36.6 Å². The number of nitrogens with zero attached hydrogens (tertiary/aromatic N) is 5. The van der Waals surface area contributed by atoms with Crippen molar-refractivity contribution in [2.45, 2.75) is 20.4 Å². The first-order valence-corrected chi connectivity index (χ1v) is 10.5. The summed E-state index contributed by atoms with van der Waals surface area (Å²) in [5, 5.41) is 8.30. The lowest BCUT2D eigenvalue weighted by atomic mass is 10.1. The molecule has 0 saturated heterocycles. The number of rotatable bonds is 4. The fraction of sp³-hybridized carbons (Fsp3) is 0.182. The third kappa shape index (κ3) is 4.84. The number of aryl methyl sites for hydroxylation is 2. The molecule has 0 fully saturated rings. The Morgan fingerprint density at radius 2 is 1.79 bits per heavy atom. The third-order valence-electron chi connectivity index (χ3n) is 4.48. The molecule has 0 aliphatic heterocycles. The van der Waals surface area contributed by atoms with E-state index in [0.717, 1.165) is 16.7 Å². The Bertz CT molecular complexity index is 1130. The van der Waals surface area contributed by atoms with E-state index in [2.05, 4.69) is 73.7 Å². The van der Waals surface area contributed by atoms with Gasteiger partial charge in [0.2, 0.25) is 5.65 Å². The van der Waals surface area contributed by atoms with Gasteiger partial charge in [-0.3, -0.25) is 0 Å². The van der Waals surface area contributed by atoms with Gasteiger partial charge in [0.05, 0.1) is 18.4 Å². The van der Waals surface area contributed by atoms with Crippen molar-refractivity contribution in [2.75, 3.05) is 6.66 Å². The molecule has 0 radical (unpaired) electrons. The number of hydrogen-bond donors (Lipinski definition) is 1. The standard InChI is InChI=1S/C21H20N6.CH5P/c1-14-7-9-16(10-8-14)13-27-21-20(25-26-27)23-12-19(24-21)18(22)11-17-6-4-3-5-15(17)2;1-2/h3-12H,13,22H2,1-2H3;2H2,1H3/b18-11-;. The molecule has 29 heavy (non-hydrogen) atoms. The molecule has 4 rings (SSSR count). The number of fused-ring (bicyclic) bond motifs is 1. The molecule has 2 heterocycles. The second kappa shape index (κ2) is 9.39. The van der Waals surface area contributed by atoms with E-state index < -0.39 is 0 Å². The van der Waals surface area contributed by atoms with Gasteiger partial charge < -0.3 is 5.73 Å². The molecule has 2 aromatic carbocycles. The Labute approximate surface area is 173 Å². The average Bonchev–Trinajstić information content (AvgIpc) is 3.15. The van der Waals surface area contributed by atoms with Crippen LogP contribution in [-0.4, -0.2) is 31.6 Å². The van der Waals surface area contributed by atoms with Crippen LogP contribution in [0.3, 0.4) is 0 Å². The Kier molecular flexibility index (Phi) is 6.68. The maximum Gasteiger partial charge on any atom is 0.221 e. The highest BCUT2D eigenvalue weighted by Crippen LogP contribution is 2.17. The molecular weight excluding hydrogens is 379 g/mol. The zero-order valence-corrected chi connectivity index (χ0v) is 18.0. The van der Waals surface area contributed by atoms with Gasteiger partial charge in [0.15, 0.2) is 5.65 Å². The first-order valence-electron chi connectivity index (χ1n) is 9.33. The van der Waals surface area contributed by atoms with Crippen molar-refractivity contribution in [3.63, 3.8) is 0 Å². The lowest BCUT2D eigenvalue weighted by molar-refractivity contribution is 0.664. The highest BCUT2D eigenvalue weighted by atomic mass is 31.0. The molecule has 4 aromatic rings. The van der Waals surface area contributed by atoms with Gasteiger partial charge in [0, 0.05) is 0 Å². The normalized spacial score (nSPS) is 11.2. The maximum absolute atomic E-state index is 6.28. The maximum atomic E-state index is 6.28. The molecule has 0 amide bonds. The van der Waals surface area contributed by atoms with Crippen molar-refractivity contribution in [3.05, 3.63) is 82.7 Å². The highest BCUT2D eigenvalue weighted by Gasteiger charge is 2.11. The van der Waals surface area contributed by atoms with Crippen molar-refractivity contribution in [1.29, 1.82) is 0 Å².